The fourth-order valence-corrected chi connectivity index (χ4v) is 3.21. The molecular formula is C18H17BrN2O2. The summed E-state index contributed by atoms with van der Waals surface area (Å²) in [5, 5.41) is 2.85. The van der Waals surface area contributed by atoms with Crippen LogP contribution in [0.3, 0.4) is 0 Å². The number of halogens is 1. The number of hydrogen-bond donors (Lipinski definition) is 1. The van der Waals surface area contributed by atoms with Crippen LogP contribution in [0.2, 0.25) is 0 Å². The summed E-state index contributed by atoms with van der Waals surface area (Å²) < 4.78 is 0.735. The number of carbonyl (C=O) groups is 2. The number of piperazine rings is 1. The molecule has 0 aromatic heterocycles. The first-order valence-corrected chi connectivity index (χ1v) is 8.27. The van der Waals surface area contributed by atoms with Crippen LogP contribution in [0.5, 0.6) is 0 Å². The average Bonchev–Trinajstić information content (AvgIpc) is 2.55. The van der Waals surface area contributed by atoms with E-state index < -0.39 is 6.04 Å². The molecule has 0 spiro atoms. The molecule has 118 valence electrons. The van der Waals surface area contributed by atoms with Crippen LogP contribution in [-0.2, 0) is 4.79 Å². The quantitative estimate of drug-likeness (QED) is 0.880. The van der Waals surface area contributed by atoms with E-state index in [2.05, 4.69) is 21.2 Å². The Kier molecular flexibility index (Phi) is 4.48. The van der Waals surface area contributed by atoms with E-state index in [0.717, 1.165) is 15.6 Å². The predicted molar refractivity (Wildman–Crippen MR) is 92.1 cm³/mol. The Bertz CT molecular complexity index is 743. The van der Waals surface area contributed by atoms with Gasteiger partial charge in [-0.3, -0.25) is 9.59 Å². The van der Waals surface area contributed by atoms with Crippen molar-refractivity contribution in [2.24, 2.45) is 0 Å². The zero-order chi connectivity index (χ0) is 16.4. The van der Waals surface area contributed by atoms with Crippen molar-refractivity contribution >= 4 is 27.7 Å². The van der Waals surface area contributed by atoms with Gasteiger partial charge in [0.25, 0.3) is 5.91 Å². The molecule has 23 heavy (non-hydrogen) atoms. The number of nitrogens with one attached hydrogen (secondary N) is 1. The first kappa shape index (κ1) is 15.7. The van der Waals surface area contributed by atoms with Crippen LogP contribution < -0.4 is 5.32 Å². The van der Waals surface area contributed by atoms with Crippen molar-refractivity contribution in [3.63, 3.8) is 0 Å². The van der Waals surface area contributed by atoms with Crippen LogP contribution in [0.15, 0.2) is 53.0 Å². The smallest absolute Gasteiger partial charge is 0.256 e. The Labute approximate surface area is 143 Å². The van der Waals surface area contributed by atoms with Crippen LogP contribution in [0.4, 0.5) is 0 Å². The SMILES string of the molecule is Cc1ccc(C2C(=O)NCCN2C(=O)c2ccccc2Br)cc1. The van der Waals surface area contributed by atoms with Gasteiger partial charge in [-0.05, 0) is 40.5 Å². The summed E-state index contributed by atoms with van der Waals surface area (Å²) in [5.74, 6) is -0.279. The summed E-state index contributed by atoms with van der Waals surface area (Å²) in [6, 6.07) is 14.4. The molecule has 1 aliphatic rings. The topological polar surface area (TPSA) is 49.4 Å². The van der Waals surface area contributed by atoms with Crippen LogP contribution in [0.1, 0.15) is 27.5 Å². The van der Waals surface area contributed by atoms with Gasteiger partial charge in [-0.2, -0.15) is 0 Å². The maximum absolute atomic E-state index is 12.9. The third kappa shape index (κ3) is 3.15. The standard InChI is InChI=1S/C18H17BrN2O2/c1-12-6-8-13(9-7-12)16-17(22)20-10-11-21(16)18(23)14-4-2-3-5-15(14)19/h2-9,16H,10-11H2,1H3,(H,20,22). The summed E-state index contributed by atoms with van der Waals surface area (Å²) in [6.07, 6.45) is 0. The summed E-state index contributed by atoms with van der Waals surface area (Å²) in [6.45, 7) is 2.95. The van der Waals surface area contributed by atoms with Crippen molar-refractivity contribution in [1.29, 1.82) is 0 Å². The Hall–Kier alpha value is -2.14. The van der Waals surface area contributed by atoms with Gasteiger partial charge in [0.15, 0.2) is 0 Å². The van der Waals surface area contributed by atoms with E-state index in [1.807, 2.05) is 49.4 Å². The van der Waals surface area contributed by atoms with Gasteiger partial charge in [-0.1, -0.05) is 42.0 Å². The highest BCUT2D eigenvalue weighted by molar-refractivity contribution is 9.10. The Balaban J connectivity index is 1.98. The lowest BCUT2D eigenvalue weighted by Crippen LogP contribution is -2.52. The lowest BCUT2D eigenvalue weighted by molar-refractivity contribution is -0.128. The first-order valence-electron chi connectivity index (χ1n) is 7.47. The molecule has 1 saturated heterocycles. The second kappa shape index (κ2) is 6.54. The highest BCUT2D eigenvalue weighted by atomic mass is 79.9. The summed E-state index contributed by atoms with van der Waals surface area (Å²) in [7, 11) is 0. The molecule has 2 aromatic rings. The van der Waals surface area contributed by atoms with Crippen LogP contribution in [0.25, 0.3) is 0 Å². The number of rotatable bonds is 2. The van der Waals surface area contributed by atoms with E-state index >= 15 is 0 Å². The van der Waals surface area contributed by atoms with Gasteiger partial charge < -0.3 is 10.2 Å². The lowest BCUT2D eigenvalue weighted by atomic mass is 10.00. The lowest BCUT2D eigenvalue weighted by Gasteiger charge is -2.35. The molecule has 1 heterocycles. The molecule has 1 N–H and O–H groups in total. The molecule has 0 saturated carbocycles. The Morgan fingerprint density at radius 3 is 2.57 bits per heavy atom. The van der Waals surface area contributed by atoms with Gasteiger partial charge in [-0.15, -0.1) is 0 Å². The second-order valence-electron chi connectivity index (χ2n) is 5.58. The zero-order valence-electron chi connectivity index (χ0n) is 12.8. The van der Waals surface area contributed by atoms with Crippen molar-refractivity contribution in [3.8, 4) is 0 Å². The van der Waals surface area contributed by atoms with Crippen molar-refractivity contribution in [2.75, 3.05) is 13.1 Å². The minimum Gasteiger partial charge on any atom is -0.352 e. The Morgan fingerprint density at radius 1 is 1.17 bits per heavy atom. The maximum atomic E-state index is 12.9. The minimum atomic E-state index is -0.594. The summed E-state index contributed by atoms with van der Waals surface area (Å²) in [5.41, 5.74) is 2.51. The summed E-state index contributed by atoms with van der Waals surface area (Å²) in [4.78, 5) is 27.0. The molecule has 0 aliphatic carbocycles. The molecule has 2 aromatic carbocycles. The van der Waals surface area contributed by atoms with Crippen molar-refractivity contribution in [2.45, 2.75) is 13.0 Å². The summed E-state index contributed by atoms with van der Waals surface area (Å²) >= 11 is 3.42. The molecule has 1 atom stereocenters. The monoisotopic (exact) mass is 372 g/mol. The molecule has 3 rings (SSSR count). The molecule has 2 amide bonds. The predicted octanol–water partition coefficient (Wildman–Crippen LogP) is 3.07. The second-order valence-corrected chi connectivity index (χ2v) is 6.44. The minimum absolute atomic E-state index is 0.138. The Morgan fingerprint density at radius 2 is 1.87 bits per heavy atom. The number of carbonyl (C=O) groups excluding carboxylic acids is 2. The van der Waals surface area contributed by atoms with Gasteiger partial charge in [0, 0.05) is 17.6 Å². The van der Waals surface area contributed by atoms with Crippen molar-refractivity contribution in [1.82, 2.24) is 10.2 Å². The number of nitrogens with zero attached hydrogens (tertiary/aromatic N) is 1. The molecule has 0 bridgehead atoms. The van der Waals surface area contributed by atoms with Crippen LogP contribution in [0, 0.1) is 6.92 Å². The van der Waals surface area contributed by atoms with Gasteiger partial charge in [0.05, 0.1) is 5.56 Å². The largest absolute Gasteiger partial charge is 0.352 e. The van der Waals surface area contributed by atoms with E-state index in [1.54, 1.807) is 11.0 Å². The van der Waals surface area contributed by atoms with E-state index in [4.69, 9.17) is 0 Å². The first-order chi connectivity index (χ1) is 11.1. The van der Waals surface area contributed by atoms with Crippen molar-refractivity contribution < 1.29 is 9.59 Å². The molecule has 1 unspecified atom stereocenters. The van der Waals surface area contributed by atoms with Gasteiger partial charge in [0.1, 0.15) is 6.04 Å². The van der Waals surface area contributed by atoms with Gasteiger partial charge in [-0.25, -0.2) is 0 Å². The fraction of sp³-hybridized carbons (Fsp3) is 0.222. The zero-order valence-corrected chi connectivity index (χ0v) is 14.3. The van der Waals surface area contributed by atoms with Crippen molar-refractivity contribution in [3.05, 3.63) is 69.7 Å². The molecule has 0 radical (unpaired) electrons. The molecule has 1 fully saturated rings. The van der Waals surface area contributed by atoms with E-state index in [9.17, 15) is 9.59 Å². The molecular weight excluding hydrogens is 356 g/mol. The molecule has 4 nitrogen and oxygen atoms in total. The van der Waals surface area contributed by atoms with Crippen LogP contribution >= 0.6 is 15.9 Å². The third-order valence-corrected chi connectivity index (χ3v) is 4.66. The number of amides is 2. The fourth-order valence-electron chi connectivity index (χ4n) is 2.76. The van der Waals surface area contributed by atoms with E-state index in [0.29, 0.717) is 18.7 Å². The van der Waals surface area contributed by atoms with Crippen LogP contribution in [-0.4, -0.2) is 29.8 Å². The number of benzene rings is 2. The van der Waals surface area contributed by atoms with E-state index in [-0.39, 0.29) is 11.8 Å². The number of aryl methyl sites for hydroxylation is 1. The highest BCUT2D eigenvalue weighted by Gasteiger charge is 2.35. The molecule has 1 aliphatic heterocycles. The maximum Gasteiger partial charge on any atom is 0.256 e. The normalized spacial score (nSPS) is 17.7. The molecule has 5 heteroatoms. The highest BCUT2D eigenvalue weighted by Crippen LogP contribution is 2.27. The average molecular weight is 373 g/mol. The number of hydrogen-bond acceptors (Lipinski definition) is 2. The van der Waals surface area contributed by atoms with Gasteiger partial charge in [0.2, 0.25) is 5.91 Å². The third-order valence-electron chi connectivity index (χ3n) is 3.97. The van der Waals surface area contributed by atoms with Gasteiger partial charge >= 0.3 is 0 Å². The van der Waals surface area contributed by atoms with E-state index in [1.165, 1.54) is 0 Å².